The molecule has 1 saturated heterocycles. The Labute approximate surface area is 114 Å². The molecule has 1 aromatic carbocycles. The van der Waals surface area contributed by atoms with Crippen molar-refractivity contribution in [2.75, 3.05) is 43.4 Å². The van der Waals surface area contributed by atoms with Crippen molar-refractivity contribution in [1.29, 1.82) is 0 Å². The molecule has 0 spiro atoms. The number of anilines is 2. The summed E-state index contributed by atoms with van der Waals surface area (Å²) in [5.74, 6) is 0. The number of benzene rings is 1. The second-order valence-corrected chi connectivity index (χ2v) is 4.96. The number of hydrogen-bond acceptors (Lipinski definition) is 3. The van der Waals surface area contributed by atoms with E-state index in [2.05, 4.69) is 0 Å². The van der Waals surface area contributed by atoms with E-state index in [0.29, 0.717) is 36.9 Å². The van der Waals surface area contributed by atoms with Gasteiger partial charge in [0.25, 0.3) is 0 Å². The second kappa shape index (κ2) is 5.46. The van der Waals surface area contributed by atoms with Gasteiger partial charge in [-0.15, -0.1) is 0 Å². The van der Waals surface area contributed by atoms with Crippen molar-refractivity contribution in [3.8, 4) is 0 Å². The van der Waals surface area contributed by atoms with Gasteiger partial charge in [0.15, 0.2) is 0 Å². The summed E-state index contributed by atoms with van der Waals surface area (Å²) in [6.45, 7) is 0.907. The molecule has 1 heterocycles. The van der Waals surface area contributed by atoms with Crippen molar-refractivity contribution in [3.05, 3.63) is 23.2 Å². The molecule has 0 atom stereocenters. The monoisotopic (exact) mass is 293 g/mol. The average molecular weight is 294 g/mol. The Balaban J connectivity index is 1.98. The highest BCUT2D eigenvalue weighted by atomic mass is 35.5. The van der Waals surface area contributed by atoms with Crippen molar-refractivity contribution in [3.63, 3.8) is 0 Å². The van der Waals surface area contributed by atoms with Crippen molar-refractivity contribution < 1.29 is 13.2 Å². The molecule has 7 heteroatoms. The fourth-order valence-electron chi connectivity index (χ4n) is 2.20. The first-order valence-electron chi connectivity index (χ1n) is 5.95. The number of hydrogen-bond donors (Lipinski definition) is 1. The fourth-order valence-corrected chi connectivity index (χ4v) is 2.37. The molecule has 0 radical (unpaired) electrons. The Morgan fingerprint density at radius 2 is 1.79 bits per heavy atom. The van der Waals surface area contributed by atoms with Crippen LogP contribution in [0.5, 0.6) is 0 Å². The van der Waals surface area contributed by atoms with Crippen LogP contribution in [0.2, 0.25) is 5.02 Å². The van der Waals surface area contributed by atoms with Crippen LogP contribution in [0.25, 0.3) is 0 Å². The van der Waals surface area contributed by atoms with Crippen LogP contribution < -0.4 is 10.6 Å². The van der Waals surface area contributed by atoms with E-state index in [0.717, 1.165) is 5.69 Å². The van der Waals surface area contributed by atoms with Crippen LogP contribution in [0.3, 0.4) is 0 Å². The minimum Gasteiger partial charge on any atom is -0.396 e. The van der Waals surface area contributed by atoms with Gasteiger partial charge < -0.3 is 10.6 Å². The van der Waals surface area contributed by atoms with Crippen LogP contribution in [0, 0.1) is 0 Å². The van der Waals surface area contributed by atoms with Gasteiger partial charge in [-0.2, -0.15) is 13.2 Å². The summed E-state index contributed by atoms with van der Waals surface area (Å²) in [7, 11) is 0. The molecule has 1 aromatic rings. The van der Waals surface area contributed by atoms with Gasteiger partial charge >= 0.3 is 6.18 Å². The van der Waals surface area contributed by atoms with Crippen LogP contribution in [0.4, 0.5) is 24.5 Å². The maximum Gasteiger partial charge on any atom is 0.401 e. The summed E-state index contributed by atoms with van der Waals surface area (Å²) in [4.78, 5) is 3.37. The molecule has 0 saturated carbocycles. The summed E-state index contributed by atoms with van der Waals surface area (Å²) in [5.41, 5.74) is 7.15. The molecule has 1 fully saturated rings. The number of halogens is 4. The lowest BCUT2D eigenvalue weighted by Gasteiger charge is -2.36. The number of rotatable bonds is 2. The zero-order valence-electron chi connectivity index (χ0n) is 10.3. The molecule has 2 rings (SSSR count). The predicted octanol–water partition coefficient (Wildman–Crippen LogP) is 2.61. The van der Waals surface area contributed by atoms with E-state index >= 15 is 0 Å². The Hall–Kier alpha value is -1.14. The summed E-state index contributed by atoms with van der Waals surface area (Å²) in [6.07, 6.45) is -4.14. The first-order chi connectivity index (χ1) is 8.87. The van der Waals surface area contributed by atoms with Gasteiger partial charge in [-0.3, -0.25) is 4.90 Å². The molecule has 1 aliphatic rings. The standard InChI is InChI=1S/C12H15ClF3N3/c13-9-2-1-3-10(11(9)17)19-6-4-18(5-7-19)8-12(14,15)16/h1-3H,4-8,17H2. The molecule has 0 amide bonds. The van der Waals surface area contributed by atoms with Crippen LogP contribution in [-0.2, 0) is 0 Å². The highest BCUT2D eigenvalue weighted by Crippen LogP contribution is 2.30. The molecule has 106 valence electrons. The van der Waals surface area contributed by atoms with Gasteiger partial charge in [0.05, 0.1) is 22.9 Å². The molecule has 0 aliphatic carbocycles. The normalized spacial score (nSPS) is 17.8. The molecule has 1 aliphatic heterocycles. The number of nitrogens with two attached hydrogens (primary N) is 1. The molecule has 3 nitrogen and oxygen atoms in total. The molecule has 2 N–H and O–H groups in total. The summed E-state index contributed by atoms with van der Waals surface area (Å²) in [5, 5.41) is 0.468. The topological polar surface area (TPSA) is 32.5 Å². The van der Waals surface area contributed by atoms with E-state index < -0.39 is 12.7 Å². The zero-order valence-corrected chi connectivity index (χ0v) is 11.0. The van der Waals surface area contributed by atoms with Crippen LogP contribution in [0.1, 0.15) is 0 Å². The van der Waals surface area contributed by atoms with Gasteiger partial charge in [0, 0.05) is 26.2 Å². The van der Waals surface area contributed by atoms with Crippen molar-refractivity contribution in [2.24, 2.45) is 0 Å². The number of piperazine rings is 1. The van der Waals surface area contributed by atoms with Gasteiger partial charge in [0.1, 0.15) is 0 Å². The predicted molar refractivity (Wildman–Crippen MR) is 70.6 cm³/mol. The lowest BCUT2D eigenvalue weighted by molar-refractivity contribution is -0.146. The van der Waals surface area contributed by atoms with Gasteiger partial charge in [-0.05, 0) is 12.1 Å². The SMILES string of the molecule is Nc1c(Cl)cccc1N1CCN(CC(F)(F)F)CC1. The Bertz CT molecular complexity index is 442. The summed E-state index contributed by atoms with van der Waals surface area (Å²) < 4.78 is 36.9. The second-order valence-electron chi connectivity index (χ2n) is 4.55. The van der Waals surface area contributed by atoms with Crippen molar-refractivity contribution in [2.45, 2.75) is 6.18 Å². The highest BCUT2D eigenvalue weighted by Gasteiger charge is 2.32. The highest BCUT2D eigenvalue weighted by molar-refractivity contribution is 6.33. The van der Waals surface area contributed by atoms with Crippen LogP contribution in [0.15, 0.2) is 18.2 Å². The zero-order chi connectivity index (χ0) is 14.0. The number of para-hydroxylation sites is 1. The molecular weight excluding hydrogens is 279 g/mol. The third-order valence-corrected chi connectivity index (χ3v) is 3.48. The van der Waals surface area contributed by atoms with E-state index in [1.807, 2.05) is 11.0 Å². The van der Waals surface area contributed by atoms with Gasteiger partial charge in [0.2, 0.25) is 0 Å². The first-order valence-corrected chi connectivity index (χ1v) is 6.32. The van der Waals surface area contributed by atoms with E-state index in [4.69, 9.17) is 17.3 Å². The van der Waals surface area contributed by atoms with Crippen molar-refractivity contribution in [1.82, 2.24) is 4.90 Å². The maximum absolute atomic E-state index is 12.3. The number of nitrogen functional groups attached to an aromatic ring is 1. The largest absolute Gasteiger partial charge is 0.401 e. The molecule has 0 aromatic heterocycles. The van der Waals surface area contributed by atoms with E-state index in [1.54, 1.807) is 12.1 Å². The Morgan fingerprint density at radius 3 is 2.37 bits per heavy atom. The third kappa shape index (κ3) is 3.67. The van der Waals surface area contributed by atoms with Crippen LogP contribution >= 0.6 is 11.6 Å². The quantitative estimate of drug-likeness (QED) is 0.851. The lowest BCUT2D eigenvalue weighted by Crippen LogP contribution is -2.49. The van der Waals surface area contributed by atoms with Gasteiger partial charge in [-0.1, -0.05) is 17.7 Å². The smallest absolute Gasteiger partial charge is 0.396 e. The van der Waals surface area contributed by atoms with E-state index in [-0.39, 0.29) is 0 Å². The van der Waals surface area contributed by atoms with Crippen molar-refractivity contribution >= 4 is 23.0 Å². The van der Waals surface area contributed by atoms with E-state index in [1.165, 1.54) is 4.90 Å². The van der Waals surface area contributed by atoms with E-state index in [9.17, 15) is 13.2 Å². The lowest BCUT2D eigenvalue weighted by atomic mass is 10.2. The third-order valence-electron chi connectivity index (χ3n) is 3.15. The molecular formula is C12H15ClF3N3. The maximum atomic E-state index is 12.3. The molecule has 0 unspecified atom stereocenters. The number of alkyl halides is 3. The minimum absolute atomic E-state index is 0.367. The summed E-state index contributed by atoms with van der Waals surface area (Å²) in [6, 6.07) is 5.32. The summed E-state index contributed by atoms with van der Waals surface area (Å²) >= 11 is 5.94. The van der Waals surface area contributed by atoms with Crippen LogP contribution in [-0.4, -0.2) is 43.8 Å². The number of nitrogens with zero attached hydrogens (tertiary/aromatic N) is 2. The Kier molecular flexibility index (Phi) is 4.10. The fraction of sp³-hybridized carbons (Fsp3) is 0.500. The first kappa shape index (κ1) is 14.3. The van der Waals surface area contributed by atoms with Gasteiger partial charge in [-0.25, -0.2) is 0 Å². The molecule has 0 bridgehead atoms. The minimum atomic E-state index is -4.14. The molecule has 19 heavy (non-hydrogen) atoms. The Morgan fingerprint density at radius 1 is 1.16 bits per heavy atom. The average Bonchev–Trinajstić information content (AvgIpc) is 2.32.